The molecule has 4 rings (SSSR count). The van der Waals surface area contributed by atoms with Crippen LogP contribution in [0.1, 0.15) is 30.9 Å². The van der Waals surface area contributed by atoms with Gasteiger partial charge in [-0.15, -0.1) is 0 Å². The molecule has 1 aliphatic heterocycles. The summed E-state index contributed by atoms with van der Waals surface area (Å²) in [5.74, 6) is 0.337. The van der Waals surface area contributed by atoms with Gasteiger partial charge in [0.05, 0.1) is 6.20 Å². The van der Waals surface area contributed by atoms with Gasteiger partial charge in [0.15, 0.2) is 0 Å². The number of piperazine rings is 1. The number of hydrogen-bond acceptors (Lipinski definition) is 3. The summed E-state index contributed by atoms with van der Waals surface area (Å²) in [5, 5.41) is 11.1. The van der Waals surface area contributed by atoms with E-state index in [2.05, 4.69) is 56.8 Å². The molecule has 4 nitrogen and oxygen atoms in total. The number of halogens is 1. The first-order valence-corrected chi connectivity index (χ1v) is 10.4. The third kappa shape index (κ3) is 5.22. The smallest absolute Gasteiger partial charge is 0.0565 e. The summed E-state index contributed by atoms with van der Waals surface area (Å²) in [5.41, 5.74) is 4.93. The number of benzene rings is 2. The van der Waals surface area contributed by atoms with Crippen molar-refractivity contribution in [1.29, 1.82) is 0 Å². The van der Waals surface area contributed by atoms with Gasteiger partial charge in [-0.3, -0.25) is 10.00 Å². The Labute approximate surface area is 172 Å². The van der Waals surface area contributed by atoms with E-state index in [1.807, 2.05) is 38.4 Å². The minimum absolute atomic E-state index is 0.337. The van der Waals surface area contributed by atoms with Crippen molar-refractivity contribution in [2.45, 2.75) is 19.8 Å². The van der Waals surface area contributed by atoms with Crippen LogP contribution in [0.5, 0.6) is 0 Å². The molecule has 148 valence electrons. The van der Waals surface area contributed by atoms with E-state index in [1.165, 1.54) is 16.7 Å². The number of aromatic nitrogens is 2. The number of rotatable bonds is 5. The van der Waals surface area contributed by atoms with Gasteiger partial charge in [-0.05, 0) is 28.8 Å². The average Bonchev–Trinajstić information content (AvgIpc) is 3.30. The molecule has 1 aliphatic rings. The van der Waals surface area contributed by atoms with E-state index in [4.69, 9.17) is 11.6 Å². The van der Waals surface area contributed by atoms with Gasteiger partial charge >= 0.3 is 0 Å². The zero-order valence-corrected chi connectivity index (χ0v) is 17.4. The van der Waals surface area contributed by atoms with Crippen molar-refractivity contribution in [1.82, 2.24) is 20.4 Å². The highest BCUT2D eigenvalue weighted by molar-refractivity contribution is 6.30. The molecule has 5 heteroatoms. The third-order valence-electron chi connectivity index (χ3n) is 5.07. The van der Waals surface area contributed by atoms with Crippen molar-refractivity contribution in [2.24, 2.45) is 0 Å². The van der Waals surface area contributed by atoms with Gasteiger partial charge in [-0.1, -0.05) is 61.8 Å². The lowest BCUT2D eigenvalue weighted by molar-refractivity contribution is 0.234. The summed E-state index contributed by atoms with van der Waals surface area (Å²) in [4.78, 5) is 2.54. The predicted molar refractivity (Wildman–Crippen MR) is 118 cm³/mol. The Morgan fingerprint density at radius 1 is 0.929 bits per heavy atom. The van der Waals surface area contributed by atoms with Crippen LogP contribution in [0.25, 0.3) is 11.1 Å². The molecule has 1 fully saturated rings. The van der Waals surface area contributed by atoms with E-state index in [0.29, 0.717) is 5.92 Å². The number of nitrogens with zero attached hydrogens (tertiary/aromatic N) is 2. The molecule has 0 bridgehead atoms. The molecule has 3 aromatic rings. The molecular weight excluding hydrogens is 368 g/mol. The molecule has 0 saturated carbocycles. The van der Waals surface area contributed by atoms with E-state index >= 15 is 0 Å². The van der Waals surface area contributed by atoms with Crippen LogP contribution >= 0.6 is 11.6 Å². The fourth-order valence-electron chi connectivity index (χ4n) is 3.57. The molecular formula is C23H29ClN4. The Morgan fingerprint density at radius 2 is 1.54 bits per heavy atom. The van der Waals surface area contributed by atoms with E-state index in [-0.39, 0.29) is 0 Å². The minimum Gasteiger partial charge on any atom is -0.314 e. The van der Waals surface area contributed by atoms with Crippen LogP contribution in [0.4, 0.5) is 0 Å². The monoisotopic (exact) mass is 396 g/mol. The van der Waals surface area contributed by atoms with E-state index in [1.54, 1.807) is 0 Å². The summed E-state index contributed by atoms with van der Waals surface area (Å²) in [6.45, 7) is 9.34. The third-order valence-corrected chi connectivity index (χ3v) is 5.32. The van der Waals surface area contributed by atoms with Crippen LogP contribution in [-0.4, -0.2) is 47.8 Å². The van der Waals surface area contributed by atoms with Crippen molar-refractivity contribution in [2.75, 3.05) is 32.7 Å². The molecule has 1 atom stereocenters. The lowest BCUT2D eigenvalue weighted by Crippen LogP contribution is -2.45. The van der Waals surface area contributed by atoms with E-state index < -0.39 is 0 Å². The maximum atomic E-state index is 6.10. The first kappa shape index (κ1) is 20.6. The molecule has 0 aliphatic carbocycles. The fourth-order valence-corrected chi connectivity index (χ4v) is 3.69. The molecule has 2 heterocycles. The van der Waals surface area contributed by atoms with Crippen molar-refractivity contribution in [3.05, 3.63) is 77.1 Å². The van der Waals surface area contributed by atoms with Gasteiger partial charge in [-0.2, -0.15) is 5.10 Å². The Morgan fingerprint density at radius 3 is 2.11 bits per heavy atom. The van der Waals surface area contributed by atoms with Gasteiger partial charge in [0.2, 0.25) is 0 Å². The second-order valence-corrected chi connectivity index (χ2v) is 7.20. The summed E-state index contributed by atoms with van der Waals surface area (Å²) in [6, 6.07) is 17.1. The van der Waals surface area contributed by atoms with Gasteiger partial charge < -0.3 is 5.32 Å². The fraction of sp³-hybridized carbons (Fsp3) is 0.348. The van der Waals surface area contributed by atoms with Crippen molar-refractivity contribution in [3.8, 4) is 11.1 Å². The summed E-state index contributed by atoms with van der Waals surface area (Å²) in [7, 11) is 0. The summed E-state index contributed by atoms with van der Waals surface area (Å²) < 4.78 is 0. The lowest BCUT2D eigenvalue weighted by atomic mass is 9.89. The van der Waals surface area contributed by atoms with Crippen LogP contribution in [0, 0.1) is 0 Å². The molecule has 1 unspecified atom stereocenters. The average molecular weight is 397 g/mol. The topological polar surface area (TPSA) is 44.0 Å². The molecule has 0 radical (unpaired) electrons. The Kier molecular flexibility index (Phi) is 7.66. The number of nitrogens with one attached hydrogen (secondary N) is 2. The van der Waals surface area contributed by atoms with Gasteiger partial charge in [0.1, 0.15) is 0 Å². The first-order chi connectivity index (χ1) is 13.8. The standard InChI is InChI=1S/C21H23ClN4.C2H6/c22-20-7-5-18(6-8-20)21(15-26-11-9-23-10-12-26)17-3-1-16(2-4-17)19-13-24-25-14-19;1-2/h1-8,13-14,21,23H,9-12,15H2,(H,24,25);1-2H3. The molecule has 0 amide bonds. The molecule has 2 aromatic carbocycles. The molecule has 28 heavy (non-hydrogen) atoms. The van der Waals surface area contributed by atoms with E-state index in [0.717, 1.165) is 43.3 Å². The zero-order valence-electron chi connectivity index (χ0n) is 16.7. The van der Waals surface area contributed by atoms with Gasteiger partial charge in [0.25, 0.3) is 0 Å². The van der Waals surface area contributed by atoms with Crippen molar-refractivity contribution in [3.63, 3.8) is 0 Å². The molecule has 1 saturated heterocycles. The maximum Gasteiger partial charge on any atom is 0.0565 e. The van der Waals surface area contributed by atoms with Crippen LogP contribution in [0.15, 0.2) is 60.9 Å². The number of H-pyrrole nitrogens is 1. The van der Waals surface area contributed by atoms with Crippen LogP contribution < -0.4 is 5.32 Å². The van der Waals surface area contributed by atoms with Gasteiger partial charge in [-0.25, -0.2) is 0 Å². The largest absolute Gasteiger partial charge is 0.314 e. The van der Waals surface area contributed by atoms with Crippen LogP contribution in [-0.2, 0) is 0 Å². The highest BCUT2D eigenvalue weighted by atomic mass is 35.5. The highest BCUT2D eigenvalue weighted by Crippen LogP contribution is 2.29. The molecule has 0 spiro atoms. The first-order valence-electron chi connectivity index (χ1n) is 10.1. The predicted octanol–water partition coefficient (Wildman–Crippen LogP) is 4.79. The number of aromatic amines is 1. The maximum absolute atomic E-state index is 6.10. The van der Waals surface area contributed by atoms with Gasteiger partial charge in [0, 0.05) is 55.4 Å². The highest BCUT2D eigenvalue weighted by Gasteiger charge is 2.20. The SMILES string of the molecule is CC.Clc1ccc(C(CN2CCNCC2)c2ccc(-c3cn[nH]c3)cc2)cc1. The Hall–Kier alpha value is -2.14. The number of hydrogen-bond donors (Lipinski definition) is 2. The van der Waals surface area contributed by atoms with E-state index in [9.17, 15) is 0 Å². The summed E-state index contributed by atoms with van der Waals surface area (Å²) in [6.07, 6.45) is 3.78. The quantitative estimate of drug-likeness (QED) is 0.651. The molecule has 1 aromatic heterocycles. The second kappa shape index (κ2) is 10.4. The summed E-state index contributed by atoms with van der Waals surface area (Å²) >= 11 is 6.10. The van der Waals surface area contributed by atoms with Crippen molar-refractivity contribution < 1.29 is 0 Å². The normalized spacial score (nSPS) is 15.5. The Balaban J connectivity index is 0.00000109. The van der Waals surface area contributed by atoms with Crippen molar-refractivity contribution >= 4 is 11.6 Å². The Bertz CT molecular complexity index is 807. The van der Waals surface area contributed by atoms with Crippen LogP contribution in [0.3, 0.4) is 0 Å². The minimum atomic E-state index is 0.337. The second-order valence-electron chi connectivity index (χ2n) is 6.76. The zero-order chi connectivity index (χ0) is 19.8. The lowest BCUT2D eigenvalue weighted by Gasteiger charge is -2.31. The molecule has 2 N–H and O–H groups in total. The van der Waals surface area contributed by atoms with Crippen LogP contribution in [0.2, 0.25) is 5.02 Å².